The van der Waals surface area contributed by atoms with Crippen LogP contribution in [0, 0.1) is 0 Å². The molecule has 1 heterocycles. The summed E-state index contributed by atoms with van der Waals surface area (Å²) in [6.45, 7) is 5.11. The molecule has 0 aliphatic rings. The summed E-state index contributed by atoms with van der Waals surface area (Å²) in [6.07, 6.45) is 3.78. The molecule has 0 saturated heterocycles. The Morgan fingerprint density at radius 1 is 0.780 bits per heavy atom. The highest BCUT2D eigenvalue weighted by Crippen LogP contribution is 2.33. The fourth-order valence-corrected chi connectivity index (χ4v) is 6.34. The first-order valence-electron chi connectivity index (χ1n) is 13.5. The molecule has 0 amide bonds. The third-order valence-corrected chi connectivity index (χ3v) is 9.47. The van der Waals surface area contributed by atoms with Gasteiger partial charge < -0.3 is 18.8 Å². The lowest BCUT2D eigenvalue weighted by Gasteiger charge is -2.26. The minimum absolute atomic E-state index is 0.0484. The highest BCUT2D eigenvalue weighted by Gasteiger charge is 2.24. The molecule has 4 rings (SSSR count). The predicted molar refractivity (Wildman–Crippen MR) is 164 cm³/mol. The second-order valence-corrected chi connectivity index (χ2v) is 14.8. The number of aromatic nitrogens is 1. The molecule has 0 bridgehead atoms. The number of nitrogens with zero attached hydrogens (tertiary/aromatic N) is 1. The van der Waals surface area contributed by atoms with Crippen molar-refractivity contribution in [3.05, 3.63) is 95.7 Å². The molecule has 0 aliphatic carbocycles. The van der Waals surface area contributed by atoms with Crippen molar-refractivity contribution in [1.29, 1.82) is 0 Å². The topological polar surface area (TPSA) is 106 Å². The van der Waals surface area contributed by atoms with E-state index in [-0.39, 0.29) is 35.8 Å². The van der Waals surface area contributed by atoms with Crippen LogP contribution in [0.4, 0.5) is 0 Å². The first-order valence-corrected chi connectivity index (χ1v) is 17.1. The van der Waals surface area contributed by atoms with Crippen LogP contribution in [0.5, 0.6) is 11.5 Å². The Hall–Kier alpha value is -3.34. The Morgan fingerprint density at radius 3 is 1.98 bits per heavy atom. The Balaban J connectivity index is 1.39. The number of hydrogen-bond acceptors (Lipinski definition) is 7. The number of H-pyrrole nitrogens is 1. The van der Waals surface area contributed by atoms with Crippen molar-refractivity contribution in [2.45, 2.75) is 25.7 Å². The third-order valence-electron chi connectivity index (χ3n) is 7.42. The Kier molecular flexibility index (Phi) is 9.46. The molecule has 0 aliphatic heterocycles. The number of aromatic amines is 1. The van der Waals surface area contributed by atoms with E-state index in [1.54, 1.807) is 19.2 Å². The molecule has 0 fully saturated rings. The van der Waals surface area contributed by atoms with Crippen molar-refractivity contribution in [1.82, 2.24) is 9.88 Å². The van der Waals surface area contributed by atoms with Crippen LogP contribution < -0.4 is 8.92 Å². The normalized spacial score (nSPS) is 12.6. The van der Waals surface area contributed by atoms with Crippen LogP contribution in [0.15, 0.2) is 79.0 Å². The van der Waals surface area contributed by atoms with Crippen LogP contribution in [0.25, 0.3) is 10.9 Å². The summed E-state index contributed by atoms with van der Waals surface area (Å²) in [5.41, 5.74) is 3.92. The predicted octanol–water partition coefficient (Wildman–Crippen LogP) is 4.80. The van der Waals surface area contributed by atoms with Gasteiger partial charge in [0.1, 0.15) is 21.3 Å². The number of rotatable bonds is 14. The lowest BCUT2D eigenvalue weighted by atomic mass is 9.78. The molecule has 8 nitrogen and oxygen atoms in total. The summed E-state index contributed by atoms with van der Waals surface area (Å²) in [5.74, 6) is 0.712. The second kappa shape index (κ2) is 12.7. The van der Waals surface area contributed by atoms with Crippen molar-refractivity contribution in [2.75, 3.05) is 44.5 Å². The third kappa shape index (κ3) is 8.34. The van der Waals surface area contributed by atoms with Gasteiger partial charge in [0.15, 0.2) is 0 Å². The zero-order valence-corrected chi connectivity index (χ0v) is 25.6. The van der Waals surface area contributed by atoms with E-state index in [4.69, 9.17) is 8.92 Å². The summed E-state index contributed by atoms with van der Waals surface area (Å²) in [5, 5.41) is 1.10. The SMILES string of the molecule is COc1ccc(C(C)(C)c2ccc(OS(=O)(=O)CCN(CCc3c[nH]c4ccccc34)CCS(C)(=O)=O)cc2)cc1. The van der Waals surface area contributed by atoms with Crippen molar-refractivity contribution >= 4 is 30.9 Å². The van der Waals surface area contributed by atoms with Crippen molar-refractivity contribution in [3.8, 4) is 11.5 Å². The van der Waals surface area contributed by atoms with Gasteiger partial charge in [0.25, 0.3) is 0 Å². The van der Waals surface area contributed by atoms with Gasteiger partial charge in [-0.05, 0) is 53.4 Å². The van der Waals surface area contributed by atoms with Crippen molar-refractivity contribution in [2.24, 2.45) is 0 Å². The Labute approximate surface area is 243 Å². The van der Waals surface area contributed by atoms with Crippen LogP contribution in [-0.4, -0.2) is 71.2 Å². The summed E-state index contributed by atoms with van der Waals surface area (Å²) in [7, 11) is -5.48. The summed E-state index contributed by atoms with van der Waals surface area (Å²) in [4.78, 5) is 5.11. The summed E-state index contributed by atoms with van der Waals surface area (Å²) in [6, 6.07) is 22.9. The van der Waals surface area contributed by atoms with Gasteiger partial charge in [-0.3, -0.25) is 0 Å². The number of benzene rings is 3. The Bertz CT molecular complexity index is 1660. The van der Waals surface area contributed by atoms with Crippen molar-refractivity contribution in [3.63, 3.8) is 0 Å². The van der Waals surface area contributed by atoms with Gasteiger partial charge in [-0.1, -0.05) is 56.3 Å². The number of fused-ring (bicyclic) bond motifs is 1. The van der Waals surface area contributed by atoms with E-state index in [9.17, 15) is 16.8 Å². The second-order valence-electron chi connectivity index (χ2n) is 10.8. The standard InChI is InChI=1S/C31H38N2O6S2/c1-31(2,25-9-13-27(38-3)14-10-25)26-11-15-28(16-12-26)39-41(36,37)22-20-33(19-21-40(4,34)35)18-17-24-23-32-30-8-6-5-7-29(24)30/h5-16,23,32H,17-22H2,1-4H3. The number of sulfone groups is 1. The van der Waals surface area contributed by atoms with Gasteiger partial charge in [-0.2, -0.15) is 8.42 Å². The van der Waals surface area contributed by atoms with E-state index in [1.165, 1.54) is 6.26 Å². The number of para-hydroxylation sites is 1. The van der Waals surface area contributed by atoms with Gasteiger partial charge in [-0.25, -0.2) is 8.42 Å². The smallest absolute Gasteiger partial charge is 0.310 e. The molecule has 41 heavy (non-hydrogen) atoms. The highest BCUT2D eigenvalue weighted by molar-refractivity contribution is 7.90. The van der Waals surface area contributed by atoms with Crippen LogP contribution in [-0.2, 0) is 31.8 Å². The quantitative estimate of drug-likeness (QED) is 0.208. The summed E-state index contributed by atoms with van der Waals surface area (Å²) >= 11 is 0. The molecule has 3 aromatic carbocycles. The molecular weight excluding hydrogens is 560 g/mol. The number of nitrogens with one attached hydrogen (secondary N) is 1. The summed E-state index contributed by atoms with van der Waals surface area (Å²) < 4.78 is 60.1. The molecule has 0 unspecified atom stereocenters. The maximum Gasteiger partial charge on any atom is 0.310 e. The molecule has 1 aromatic heterocycles. The largest absolute Gasteiger partial charge is 0.497 e. The van der Waals surface area contributed by atoms with Gasteiger partial charge >= 0.3 is 10.1 Å². The van der Waals surface area contributed by atoms with E-state index in [0.717, 1.165) is 33.3 Å². The number of hydrogen-bond donors (Lipinski definition) is 1. The van der Waals surface area contributed by atoms with Gasteiger partial charge in [0.05, 0.1) is 18.6 Å². The average Bonchev–Trinajstić information content (AvgIpc) is 3.35. The Morgan fingerprint density at radius 2 is 1.37 bits per heavy atom. The van der Waals surface area contributed by atoms with Crippen LogP contribution in [0.3, 0.4) is 0 Å². The minimum Gasteiger partial charge on any atom is -0.497 e. The van der Waals surface area contributed by atoms with Gasteiger partial charge in [0.2, 0.25) is 0 Å². The number of ether oxygens (including phenoxy) is 1. The lowest BCUT2D eigenvalue weighted by molar-refractivity contribution is 0.307. The molecule has 10 heteroatoms. The zero-order valence-electron chi connectivity index (χ0n) is 24.0. The lowest BCUT2D eigenvalue weighted by Crippen LogP contribution is -2.35. The van der Waals surface area contributed by atoms with E-state index in [1.807, 2.05) is 71.8 Å². The molecule has 0 saturated carbocycles. The van der Waals surface area contributed by atoms with E-state index < -0.39 is 20.0 Å². The maximum absolute atomic E-state index is 12.9. The fraction of sp³-hybridized carbons (Fsp3) is 0.355. The number of methoxy groups -OCH3 is 1. The van der Waals surface area contributed by atoms with Crippen LogP contribution in [0.1, 0.15) is 30.5 Å². The van der Waals surface area contributed by atoms with Crippen LogP contribution >= 0.6 is 0 Å². The molecule has 220 valence electrons. The first kappa shape index (κ1) is 30.6. The van der Waals surface area contributed by atoms with Crippen molar-refractivity contribution < 1.29 is 25.8 Å². The van der Waals surface area contributed by atoms with E-state index >= 15 is 0 Å². The highest BCUT2D eigenvalue weighted by atomic mass is 32.2. The first-order chi connectivity index (χ1) is 19.4. The maximum atomic E-state index is 12.9. The average molecular weight is 599 g/mol. The fourth-order valence-electron chi connectivity index (χ4n) is 4.78. The monoisotopic (exact) mass is 598 g/mol. The molecule has 4 aromatic rings. The van der Waals surface area contributed by atoms with Gasteiger partial charge in [-0.15, -0.1) is 0 Å². The van der Waals surface area contributed by atoms with Crippen LogP contribution in [0.2, 0.25) is 0 Å². The zero-order chi connectivity index (χ0) is 29.7. The molecular formula is C31H38N2O6S2. The van der Waals surface area contributed by atoms with E-state index in [0.29, 0.717) is 13.0 Å². The van der Waals surface area contributed by atoms with Gasteiger partial charge in [0, 0.05) is 48.4 Å². The van der Waals surface area contributed by atoms with E-state index in [2.05, 4.69) is 18.8 Å². The minimum atomic E-state index is -3.91. The molecule has 0 atom stereocenters. The molecule has 0 spiro atoms. The molecule has 0 radical (unpaired) electrons. The molecule has 1 N–H and O–H groups in total.